The Kier molecular flexibility index (Phi) is 3.62. The lowest BCUT2D eigenvalue weighted by molar-refractivity contribution is 0.286. The van der Waals surface area contributed by atoms with Crippen LogP contribution in [0.4, 0.5) is 0 Å². The van der Waals surface area contributed by atoms with Gasteiger partial charge in [-0.3, -0.25) is 0 Å². The Balaban J connectivity index is 1.43. The van der Waals surface area contributed by atoms with E-state index < -0.39 is 0 Å². The van der Waals surface area contributed by atoms with Crippen LogP contribution in [-0.2, 0) is 0 Å². The van der Waals surface area contributed by atoms with Crippen LogP contribution in [0, 0.1) is 5.92 Å². The molecule has 1 heterocycles. The van der Waals surface area contributed by atoms with Gasteiger partial charge in [0.25, 0.3) is 0 Å². The van der Waals surface area contributed by atoms with Crippen LogP contribution < -0.4 is 5.32 Å². The van der Waals surface area contributed by atoms with Crippen molar-refractivity contribution in [3.05, 3.63) is 0 Å². The second-order valence-corrected chi connectivity index (χ2v) is 4.55. The zero-order chi connectivity index (χ0) is 8.93. The number of likely N-dealkylation sites (tertiary alicyclic amines) is 1. The van der Waals surface area contributed by atoms with Gasteiger partial charge in [0.05, 0.1) is 0 Å². The summed E-state index contributed by atoms with van der Waals surface area (Å²) in [6, 6.07) is 0. The van der Waals surface area contributed by atoms with Crippen molar-refractivity contribution in [2.75, 3.05) is 32.7 Å². The van der Waals surface area contributed by atoms with E-state index >= 15 is 0 Å². The van der Waals surface area contributed by atoms with Gasteiger partial charge in [0.2, 0.25) is 0 Å². The van der Waals surface area contributed by atoms with Gasteiger partial charge in [0.15, 0.2) is 0 Å². The summed E-state index contributed by atoms with van der Waals surface area (Å²) in [6.45, 7) is 6.42. The third-order valence-electron chi connectivity index (χ3n) is 3.46. The highest BCUT2D eigenvalue weighted by molar-refractivity contribution is 4.72. The van der Waals surface area contributed by atoms with E-state index in [1.54, 1.807) is 0 Å². The average molecular weight is 182 g/mol. The molecular formula is C11H22N2. The van der Waals surface area contributed by atoms with Crippen LogP contribution in [0.3, 0.4) is 0 Å². The van der Waals surface area contributed by atoms with Gasteiger partial charge in [-0.1, -0.05) is 6.42 Å². The van der Waals surface area contributed by atoms with Crippen LogP contribution in [0.25, 0.3) is 0 Å². The molecule has 0 aromatic heterocycles. The molecule has 76 valence electrons. The molecule has 2 fully saturated rings. The van der Waals surface area contributed by atoms with Crippen molar-refractivity contribution >= 4 is 0 Å². The molecule has 0 radical (unpaired) electrons. The highest BCUT2D eigenvalue weighted by atomic mass is 15.1. The summed E-state index contributed by atoms with van der Waals surface area (Å²) in [7, 11) is 0. The summed E-state index contributed by atoms with van der Waals surface area (Å²) >= 11 is 0. The smallest absolute Gasteiger partial charge is 0.0107 e. The van der Waals surface area contributed by atoms with Gasteiger partial charge in [0.1, 0.15) is 0 Å². The van der Waals surface area contributed by atoms with Crippen molar-refractivity contribution in [1.29, 1.82) is 0 Å². The molecule has 0 spiro atoms. The summed E-state index contributed by atoms with van der Waals surface area (Å²) in [5.41, 5.74) is 0. The van der Waals surface area contributed by atoms with E-state index in [1.807, 2.05) is 0 Å². The minimum atomic E-state index is 1.01. The minimum Gasteiger partial charge on any atom is -0.315 e. The zero-order valence-corrected chi connectivity index (χ0v) is 8.60. The first-order valence-electron chi connectivity index (χ1n) is 5.88. The average Bonchev–Trinajstić information content (AvgIpc) is 2.53. The third-order valence-corrected chi connectivity index (χ3v) is 3.46. The lowest BCUT2D eigenvalue weighted by atomic mass is 9.85. The number of rotatable bonds is 5. The van der Waals surface area contributed by atoms with Gasteiger partial charge in [-0.05, 0) is 51.2 Å². The van der Waals surface area contributed by atoms with Gasteiger partial charge in [-0.25, -0.2) is 0 Å². The molecule has 0 atom stereocenters. The topological polar surface area (TPSA) is 15.3 Å². The van der Waals surface area contributed by atoms with Gasteiger partial charge >= 0.3 is 0 Å². The lowest BCUT2D eigenvalue weighted by Gasteiger charge is -2.26. The van der Waals surface area contributed by atoms with E-state index in [9.17, 15) is 0 Å². The maximum Gasteiger partial charge on any atom is 0.0107 e. The van der Waals surface area contributed by atoms with Crippen LogP contribution in [0.2, 0.25) is 0 Å². The van der Waals surface area contributed by atoms with Gasteiger partial charge in [0, 0.05) is 13.1 Å². The second-order valence-electron chi connectivity index (χ2n) is 4.55. The molecule has 1 aliphatic carbocycles. The van der Waals surface area contributed by atoms with E-state index in [-0.39, 0.29) is 0 Å². The molecule has 2 rings (SSSR count). The fourth-order valence-corrected chi connectivity index (χ4v) is 2.25. The normalized spacial score (nSPS) is 24.9. The maximum absolute atomic E-state index is 3.57. The van der Waals surface area contributed by atoms with E-state index in [1.165, 1.54) is 64.8 Å². The van der Waals surface area contributed by atoms with Crippen LogP contribution in [0.5, 0.6) is 0 Å². The van der Waals surface area contributed by atoms with Crippen molar-refractivity contribution < 1.29 is 0 Å². The molecule has 0 unspecified atom stereocenters. The summed E-state index contributed by atoms with van der Waals surface area (Å²) in [5, 5.41) is 3.57. The molecule has 0 amide bonds. The highest BCUT2D eigenvalue weighted by Gasteiger charge is 2.16. The summed E-state index contributed by atoms with van der Waals surface area (Å²) in [6.07, 6.45) is 7.25. The zero-order valence-electron chi connectivity index (χ0n) is 8.60. The lowest BCUT2D eigenvalue weighted by Crippen LogP contribution is -2.34. The van der Waals surface area contributed by atoms with E-state index in [4.69, 9.17) is 0 Å². The van der Waals surface area contributed by atoms with Crippen LogP contribution in [-0.4, -0.2) is 37.6 Å². The highest BCUT2D eigenvalue weighted by Crippen LogP contribution is 2.24. The molecule has 2 aliphatic rings. The largest absolute Gasteiger partial charge is 0.315 e. The molecule has 0 aromatic carbocycles. The fourth-order valence-electron chi connectivity index (χ4n) is 2.25. The number of hydrogen-bond acceptors (Lipinski definition) is 2. The standard InChI is InChI=1S/C11H22N2/c1-2-8-13(7-1)9-6-12-10-11-4-3-5-11/h11-12H,1-10H2. The molecule has 0 aromatic rings. The molecule has 13 heavy (non-hydrogen) atoms. The van der Waals surface area contributed by atoms with Crippen molar-refractivity contribution in [3.8, 4) is 0 Å². The van der Waals surface area contributed by atoms with Crippen molar-refractivity contribution in [3.63, 3.8) is 0 Å². The second kappa shape index (κ2) is 4.97. The van der Waals surface area contributed by atoms with Crippen molar-refractivity contribution in [2.24, 2.45) is 5.92 Å². The number of nitrogens with one attached hydrogen (secondary N) is 1. The molecular weight excluding hydrogens is 160 g/mol. The quantitative estimate of drug-likeness (QED) is 0.648. The third kappa shape index (κ3) is 2.96. The number of hydrogen-bond donors (Lipinski definition) is 1. The van der Waals surface area contributed by atoms with E-state index in [0.29, 0.717) is 0 Å². The first-order valence-corrected chi connectivity index (χ1v) is 5.88. The molecule has 0 bridgehead atoms. The Morgan fingerprint density at radius 1 is 1.08 bits per heavy atom. The molecule has 2 heteroatoms. The van der Waals surface area contributed by atoms with Crippen LogP contribution in [0.1, 0.15) is 32.1 Å². The Morgan fingerprint density at radius 2 is 1.85 bits per heavy atom. The molecule has 1 aliphatic heterocycles. The molecule has 1 saturated heterocycles. The first kappa shape index (κ1) is 9.47. The van der Waals surface area contributed by atoms with Crippen LogP contribution >= 0.6 is 0 Å². The summed E-state index contributed by atoms with van der Waals surface area (Å²) < 4.78 is 0. The van der Waals surface area contributed by atoms with E-state index in [2.05, 4.69) is 10.2 Å². The van der Waals surface area contributed by atoms with Crippen molar-refractivity contribution in [1.82, 2.24) is 10.2 Å². The maximum atomic E-state index is 3.57. The molecule has 2 nitrogen and oxygen atoms in total. The summed E-state index contributed by atoms with van der Waals surface area (Å²) in [4.78, 5) is 2.58. The SMILES string of the molecule is C1CC(CNCCN2CCCC2)C1. The first-order chi connectivity index (χ1) is 6.45. The van der Waals surface area contributed by atoms with Gasteiger partial charge < -0.3 is 10.2 Å². The Morgan fingerprint density at radius 3 is 2.46 bits per heavy atom. The van der Waals surface area contributed by atoms with Gasteiger partial charge in [-0.2, -0.15) is 0 Å². The fraction of sp³-hybridized carbons (Fsp3) is 1.00. The summed E-state index contributed by atoms with van der Waals surface area (Å²) in [5.74, 6) is 1.01. The van der Waals surface area contributed by atoms with Gasteiger partial charge in [-0.15, -0.1) is 0 Å². The monoisotopic (exact) mass is 182 g/mol. The van der Waals surface area contributed by atoms with E-state index in [0.717, 1.165) is 5.92 Å². The Hall–Kier alpha value is -0.0800. The number of nitrogens with zero attached hydrogens (tertiary/aromatic N) is 1. The Bertz CT molecular complexity index is 137. The Labute approximate surface area is 81.7 Å². The van der Waals surface area contributed by atoms with Crippen molar-refractivity contribution in [2.45, 2.75) is 32.1 Å². The van der Waals surface area contributed by atoms with Crippen LogP contribution in [0.15, 0.2) is 0 Å². The predicted molar refractivity (Wildman–Crippen MR) is 55.9 cm³/mol. The molecule has 1 N–H and O–H groups in total. The minimum absolute atomic E-state index is 1.01. The predicted octanol–water partition coefficient (Wildman–Crippen LogP) is 1.47. The molecule has 1 saturated carbocycles.